The largest absolute Gasteiger partial charge is 0.496 e. The molecule has 2 aromatic rings. The Kier molecular flexibility index (Phi) is 5.85. The lowest BCUT2D eigenvalue weighted by Crippen LogP contribution is -2.22. The monoisotopic (exact) mass is 367 g/mol. The van der Waals surface area contributed by atoms with E-state index in [1.807, 2.05) is 11.3 Å². The number of methoxy groups -OCH3 is 1. The third-order valence-corrected chi connectivity index (χ3v) is 5.50. The van der Waals surface area contributed by atoms with Crippen LogP contribution in [0.1, 0.15) is 40.3 Å². The predicted molar refractivity (Wildman–Crippen MR) is 94.6 cm³/mol. The van der Waals surface area contributed by atoms with Crippen molar-refractivity contribution in [2.75, 3.05) is 13.7 Å². The lowest BCUT2D eigenvalue weighted by Gasteiger charge is -2.20. The van der Waals surface area contributed by atoms with Crippen molar-refractivity contribution in [1.29, 1.82) is 0 Å². The summed E-state index contributed by atoms with van der Waals surface area (Å²) >= 11 is 5.53. The Morgan fingerprint density at radius 2 is 2.05 bits per heavy atom. The van der Waals surface area contributed by atoms with E-state index in [0.717, 1.165) is 24.3 Å². The van der Waals surface area contributed by atoms with Crippen LogP contribution in [0.15, 0.2) is 28.7 Å². The maximum atomic E-state index is 5.48. The molecule has 1 aromatic carbocycles. The highest BCUT2D eigenvalue weighted by molar-refractivity contribution is 9.10. The van der Waals surface area contributed by atoms with E-state index in [1.54, 1.807) is 7.11 Å². The molecule has 1 N–H and O–H groups in total. The average Bonchev–Trinajstić information content (AvgIpc) is 2.79. The summed E-state index contributed by atoms with van der Waals surface area (Å²) in [7, 11) is 1.73. The Balaban J connectivity index is 2.42. The Morgan fingerprint density at radius 3 is 2.62 bits per heavy atom. The second kappa shape index (κ2) is 7.43. The first-order chi connectivity index (χ1) is 10.1. The molecule has 0 saturated carbocycles. The number of rotatable bonds is 6. The number of benzene rings is 1. The summed E-state index contributed by atoms with van der Waals surface area (Å²) < 4.78 is 6.65. The number of hydrogen-bond acceptors (Lipinski definition) is 3. The minimum Gasteiger partial charge on any atom is -0.496 e. The normalized spacial score (nSPS) is 12.4. The number of thiophene rings is 1. The van der Waals surface area contributed by atoms with Gasteiger partial charge in [-0.1, -0.05) is 19.1 Å². The first kappa shape index (κ1) is 16.5. The number of aryl methyl sites for hydroxylation is 2. The quantitative estimate of drug-likeness (QED) is 0.754. The molecule has 0 fully saturated rings. The van der Waals surface area contributed by atoms with E-state index in [0.29, 0.717) is 0 Å². The smallest absolute Gasteiger partial charge is 0.122 e. The van der Waals surface area contributed by atoms with Crippen LogP contribution < -0.4 is 10.1 Å². The molecular weight excluding hydrogens is 346 g/mol. The lowest BCUT2D eigenvalue weighted by molar-refractivity contribution is 0.410. The van der Waals surface area contributed by atoms with Gasteiger partial charge >= 0.3 is 0 Å². The molecule has 1 atom stereocenters. The van der Waals surface area contributed by atoms with Gasteiger partial charge in [0.1, 0.15) is 5.75 Å². The first-order valence-corrected chi connectivity index (χ1v) is 8.81. The Labute approximate surface area is 139 Å². The van der Waals surface area contributed by atoms with Gasteiger partial charge in [-0.05, 0) is 66.0 Å². The number of nitrogens with one attached hydrogen (secondary N) is 1. The third kappa shape index (κ3) is 3.87. The van der Waals surface area contributed by atoms with Gasteiger partial charge in [0, 0.05) is 14.2 Å². The zero-order valence-corrected chi connectivity index (χ0v) is 15.4. The molecule has 4 heteroatoms. The Bertz CT molecular complexity index is 609. The van der Waals surface area contributed by atoms with Crippen LogP contribution in [0.4, 0.5) is 0 Å². The maximum Gasteiger partial charge on any atom is 0.122 e. The molecular formula is C17H22BrNOS. The van der Waals surface area contributed by atoms with Crippen LogP contribution in [0.25, 0.3) is 0 Å². The fourth-order valence-electron chi connectivity index (χ4n) is 2.36. The molecule has 1 unspecified atom stereocenters. The van der Waals surface area contributed by atoms with Crippen LogP contribution in [0.5, 0.6) is 5.75 Å². The molecule has 1 heterocycles. The van der Waals surface area contributed by atoms with Gasteiger partial charge in [-0.2, -0.15) is 0 Å². The van der Waals surface area contributed by atoms with Crippen molar-refractivity contribution < 1.29 is 4.74 Å². The van der Waals surface area contributed by atoms with Crippen molar-refractivity contribution in [2.24, 2.45) is 0 Å². The topological polar surface area (TPSA) is 21.3 Å². The number of halogens is 1. The number of ether oxygens (including phenoxy) is 1. The molecule has 0 aliphatic heterocycles. The van der Waals surface area contributed by atoms with Gasteiger partial charge in [-0.15, -0.1) is 11.3 Å². The van der Waals surface area contributed by atoms with Crippen LogP contribution in [0, 0.1) is 13.8 Å². The highest BCUT2D eigenvalue weighted by Crippen LogP contribution is 2.37. The summed E-state index contributed by atoms with van der Waals surface area (Å²) in [6.07, 6.45) is 1.11. The van der Waals surface area contributed by atoms with Crippen molar-refractivity contribution in [2.45, 2.75) is 33.2 Å². The van der Waals surface area contributed by atoms with E-state index in [9.17, 15) is 0 Å². The molecule has 1 aromatic heterocycles. The zero-order chi connectivity index (χ0) is 15.4. The van der Waals surface area contributed by atoms with Gasteiger partial charge in [-0.25, -0.2) is 0 Å². The molecule has 2 rings (SSSR count). The standard InChI is InChI=1S/C17H22BrNOS/c1-5-8-19-16(17-14(18)9-12(3)21-17)13-7-6-11(2)15(10-13)20-4/h6-7,9-10,16,19H,5,8H2,1-4H3. The SMILES string of the molecule is CCCNC(c1ccc(C)c(OC)c1)c1sc(C)cc1Br. The van der Waals surface area contributed by atoms with Crippen molar-refractivity contribution in [3.63, 3.8) is 0 Å². The summed E-state index contributed by atoms with van der Waals surface area (Å²) in [6.45, 7) is 7.40. The van der Waals surface area contributed by atoms with E-state index < -0.39 is 0 Å². The van der Waals surface area contributed by atoms with Crippen LogP contribution in [0.3, 0.4) is 0 Å². The van der Waals surface area contributed by atoms with E-state index in [4.69, 9.17) is 4.74 Å². The number of hydrogen-bond donors (Lipinski definition) is 1. The molecule has 0 aliphatic rings. The van der Waals surface area contributed by atoms with Crippen molar-refractivity contribution in [1.82, 2.24) is 5.32 Å². The second-order valence-electron chi connectivity index (χ2n) is 5.19. The predicted octanol–water partition coefficient (Wildman–Crippen LogP) is 5.23. The highest BCUT2D eigenvalue weighted by Gasteiger charge is 2.19. The molecule has 0 saturated heterocycles. The van der Waals surface area contributed by atoms with Crippen molar-refractivity contribution in [3.8, 4) is 5.75 Å². The molecule has 21 heavy (non-hydrogen) atoms. The first-order valence-electron chi connectivity index (χ1n) is 7.20. The third-order valence-electron chi connectivity index (χ3n) is 3.46. The van der Waals surface area contributed by atoms with Crippen LogP contribution in [0.2, 0.25) is 0 Å². The zero-order valence-electron chi connectivity index (χ0n) is 13.0. The lowest BCUT2D eigenvalue weighted by atomic mass is 10.0. The van der Waals surface area contributed by atoms with Gasteiger partial charge < -0.3 is 10.1 Å². The summed E-state index contributed by atoms with van der Waals surface area (Å²) in [5.74, 6) is 0.945. The van der Waals surface area contributed by atoms with Crippen molar-refractivity contribution in [3.05, 3.63) is 49.6 Å². The second-order valence-corrected chi connectivity index (χ2v) is 7.33. The van der Waals surface area contributed by atoms with Gasteiger partial charge in [0.05, 0.1) is 13.2 Å². The maximum absolute atomic E-state index is 5.48. The molecule has 0 aliphatic carbocycles. The van der Waals surface area contributed by atoms with E-state index in [1.165, 1.54) is 19.8 Å². The van der Waals surface area contributed by atoms with E-state index >= 15 is 0 Å². The van der Waals surface area contributed by atoms with Crippen LogP contribution >= 0.6 is 27.3 Å². The Morgan fingerprint density at radius 1 is 1.29 bits per heavy atom. The molecule has 0 radical (unpaired) electrons. The summed E-state index contributed by atoms with van der Waals surface area (Å²) in [4.78, 5) is 2.64. The van der Waals surface area contributed by atoms with Gasteiger partial charge in [-0.3, -0.25) is 0 Å². The molecule has 2 nitrogen and oxygen atoms in total. The minimum atomic E-state index is 0.201. The highest BCUT2D eigenvalue weighted by atomic mass is 79.9. The van der Waals surface area contributed by atoms with Crippen LogP contribution in [-0.2, 0) is 0 Å². The van der Waals surface area contributed by atoms with Crippen molar-refractivity contribution >= 4 is 27.3 Å². The fourth-order valence-corrected chi connectivity index (χ4v) is 4.35. The fraction of sp³-hybridized carbons (Fsp3) is 0.412. The summed E-state index contributed by atoms with van der Waals surface area (Å²) in [6, 6.07) is 8.85. The van der Waals surface area contributed by atoms with E-state index in [2.05, 4.69) is 66.3 Å². The van der Waals surface area contributed by atoms with Gasteiger partial charge in [0.15, 0.2) is 0 Å². The van der Waals surface area contributed by atoms with Gasteiger partial charge in [0.2, 0.25) is 0 Å². The summed E-state index contributed by atoms with van der Waals surface area (Å²) in [5, 5.41) is 3.65. The van der Waals surface area contributed by atoms with E-state index in [-0.39, 0.29) is 6.04 Å². The van der Waals surface area contributed by atoms with Crippen LogP contribution in [-0.4, -0.2) is 13.7 Å². The van der Waals surface area contributed by atoms with Gasteiger partial charge in [0.25, 0.3) is 0 Å². The molecule has 114 valence electrons. The minimum absolute atomic E-state index is 0.201. The summed E-state index contributed by atoms with van der Waals surface area (Å²) in [5.41, 5.74) is 2.41. The average molecular weight is 368 g/mol. The molecule has 0 amide bonds. The Hall–Kier alpha value is -0.840. The molecule has 0 spiro atoms. The molecule has 0 bridgehead atoms.